The first kappa shape index (κ1) is 13.8. The Morgan fingerprint density at radius 2 is 1.89 bits per heavy atom. The predicted molar refractivity (Wildman–Crippen MR) is 71.7 cm³/mol. The maximum absolute atomic E-state index is 13.1. The lowest BCUT2D eigenvalue weighted by Gasteiger charge is -2.11. The van der Waals surface area contributed by atoms with Crippen LogP contribution in [0.25, 0.3) is 0 Å². The minimum absolute atomic E-state index is 0.415. The van der Waals surface area contributed by atoms with Gasteiger partial charge in [-0.15, -0.1) is 11.6 Å². The second-order valence-electron chi connectivity index (χ2n) is 4.20. The van der Waals surface area contributed by atoms with Crippen molar-refractivity contribution in [1.29, 1.82) is 0 Å². The third-order valence-corrected chi connectivity index (χ3v) is 3.26. The molecular formula is C15H13ClF2O. The van der Waals surface area contributed by atoms with Crippen molar-refractivity contribution in [1.82, 2.24) is 0 Å². The normalized spacial score (nSPS) is 12.2. The number of rotatable bonds is 4. The number of methoxy groups -OCH3 is 1. The molecule has 19 heavy (non-hydrogen) atoms. The molecular weight excluding hydrogens is 270 g/mol. The summed E-state index contributed by atoms with van der Waals surface area (Å²) in [5.74, 6) is -1.01. The van der Waals surface area contributed by atoms with Gasteiger partial charge in [-0.05, 0) is 41.8 Å². The number of hydrogen-bond acceptors (Lipinski definition) is 1. The van der Waals surface area contributed by atoms with E-state index < -0.39 is 17.0 Å². The zero-order chi connectivity index (χ0) is 13.8. The fourth-order valence-electron chi connectivity index (χ4n) is 1.83. The van der Waals surface area contributed by atoms with Crippen LogP contribution in [-0.2, 0) is 6.42 Å². The number of ether oxygens (including phenoxy) is 1. The van der Waals surface area contributed by atoms with Crippen molar-refractivity contribution in [2.75, 3.05) is 7.11 Å². The molecule has 4 heteroatoms. The molecule has 2 aromatic carbocycles. The van der Waals surface area contributed by atoms with Crippen LogP contribution in [0, 0.1) is 11.6 Å². The number of benzene rings is 2. The second-order valence-corrected chi connectivity index (χ2v) is 4.72. The molecule has 2 rings (SSSR count). The highest BCUT2D eigenvalue weighted by Gasteiger charge is 2.12. The Kier molecular flexibility index (Phi) is 4.38. The van der Waals surface area contributed by atoms with Crippen molar-refractivity contribution in [3.8, 4) is 5.75 Å². The van der Waals surface area contributed by atoms with Crippen molar-refractivity contribution >= 4 is 11.6 Å². The third-order valence-electron chi connectivity index (χ3n) is 2.85. The maximum atomic E-state index is 13.1. The first-order valence-electron chi connectivity index (χ1n) is 5.82. The lowest BCUT2D eigenvalue weighted by molar-refractivity contribution is 0.414. The summed E-state index contributed by atoms with van der Waals surface area (Å²) in [6, 6.07) is 11.2. The first-order chi connectivity index (χ1) is 9.10. The lowest BCUT2D eigenvalue weighted by atomic mass is 10.0. The summed E-state index contributed by atoms with van der Waals surface area (Å²) in [6.45, 7) is 0. The van der Waals surface area contributed by atoms with Crippen LogP contribution >= 0.6 is 11.6 Å². The molecule has 0 aromatic heterocycles. The fourth-order valence-corrected chi connectivity index (χ4v) is 2.15. The summed E-state index contributed by atoms with van der Waals surface area (Å²) < 4.78 is 31.1. The molecule has 0 heterocycles. The van der Waals surface area contributed by atoms with Gasteiger partial charge in [-0.25, -0.2) is 8.78 Å². The zero-order valence-electron chi connectivity index (χ0n) is 10.4. The van der Waals surface area contributed by atoms with Gasteiger partial charge in [0.25, 0.3) is 0 Å². The van der Waals surface area contributed by atoms with Crippen LogP contribution in [0.5, 0.6) is 5.75 Å². The van der Waals surface area contributed by atoms with Gasteiger partial charge in [0.2, 0.25) is 0 Å². The molecule has 0 aliphatic carbocycles. The van der Waals surface area contributed by atoms with Crippen LogP contribution in [0.3, 0.4) is 0 Å². The van der Waals surface area contributed by atoms with E-state index in [1.807, 2.05) is 24.3 Å². The van der Waals surface area contributed by atoms with Gasteiger partial charge in [0.05, 0.1) is 12.5 Å². The molecule has 100 valence electrons. The van der Waals surface area contributed by atoms with Crippen molar-refractivity contribution in [2.45, 2.75) is 11.8 Å². The van der Waals surface area contributed by atoms with Gasteiger partial charge in [0.15, 0.2) is 11.6 Å². The predicted octanol–water partition coefficient (Wildman–Crippen LogP) is 4.50. The third kappa shape index (κ3) is 3.44. The SMILES string of the molecule is COc1cccc(CC(Cl)c2ccc(F)c(F)c2)c1. The summed E-state index contributed by atoms with van der Waals surface area (Å²) in [5, 5.41) is -0.415. The molecule has 0 amide bonds. The quantitative estimate of drug-likeness (QED) is 0.751. The van der Waals surface area contributed by atoms with Crippen LogP contribution in [0.15, 0.2) is 42.5 Å². The molecule has 1 unspecified atom stereocenters. The standard InChI is InChI=1S/C15H13ClF2O/c1-19-12-4-2-3-10(7-12)8-13(16)11-5-6-14(17)15(18)9-11/h2-7,9,13H,8H2,1H3. The van der Waals surface area contributed by atoms with Gasteiger partial charge in [-0.1, -0.05) is 18.2 Å². The zero-order valence-corrected chi connectivity index (χ0v) is 11.1. The summed E-state index contributed by atoms with van der Waals surface area (Å²) in [5.41, 5.74) is 1.53. The van der Waals surface area contributed by atoms with E-state index in [0.717, 1.165) is 23.4 Å². The molecule has 0 aliphatic rings. The Labute approximate surface area is 115 Å². The van der Waals surface area contributed by atoms with Crippen LogP contribution < -0.4 is 4.74 Å². The minimum atomic E-state index is -0.881. The molecule has 1 nitrogen and oxygen atoms in total. The van der Waals surface area contributed by atoms with E-state index in [1.54, 1.807) is 7.11 Å². The van der Waals surface area contributed by atoms with Gasteiger partial charge >= 0.3 is 0 Å². The second kappa shape index (κ2) is 6.02. The van der Waals surface area contributed by atoms with Gasteiger partial charge < -0.3 is 4.74 Å². The number of alkyl halides is 1. The minimum Gasteiger partial charge on any atom is -0.497 e. The lowest BCUT2D eigenvalue weighted by Crippen LogP contribution is -1.98. The Hall–Kier alpha value is -1.61. The van der Waals surface area contributed by atoms with Crippen molar-refractivity contribution in [3.05, 3.63) is 65.2 Å². The molecule has 0 radical (unpaired) electrons. The number of halogens is 3. The van der Waals surface area contributed by atoms with Gasteiger partial charge in [-0.2, -0.15) is 0 Å². The van der Waals surface area contributed by atoms with Crippen LogP contribution in [0.4, 0.5) is 8.78 Å². The largest absolute Gasteiger partial charge is 0.497 e. The van der Waals surface area contributed by atoms with Crippen molar-refractivity contribution in [2.24, 2.45) is 0 Å². The molecule has 0 aliphatic heterocycles. The van der Waals surface area contributed by atoms with Crippen molar-refractivity contribution < 1.29 is 13.5 Å². The van der Waals surface area contributed by atoms with E-state index in [-0.39, 0.29) is 0 Å². The Morgan fingerprint density at radius 3 is 2.58 bits per heavy atom. The average molecular weight is 283 g/mol. The summed E-state index contributed by atoms with van der Waals surface area (Å²) in [6.07, 6.45) is 0.518. The van der Waals surface area contributed by atoms with Gasteiger partial charge in [0, 0.05) is 0 Å². The fraction of sp³-hybridized carbons (Fsp3) is 0.200. The first-order valence-corrected chi connectivity index (χ1v) is 6.25. The topological polar surface area (TPSA) is 9.23 Å². The van der Waals surface area contributed by atoms with E-state index in [0.29, 0.717) is 12.0 Å². The molecule has 0 bridgehead atoms. The van der Waals surface area contributed by atoms with Crippen LogP contribution in [0.1, 0.15) is 16.5 Å². The highest BCUT2D eigenvalue weighted by Crippen LogP contribution is 2.27. The molecule has 0 N–H and O–H groups in total. The van der Waals surface area contributed by atoms with E-state index >= 15 is 0 Å². The van der Waals surface area contributed by atoms with Crippen molar-refractivity contribution in [3.63, 3.8) is 0 Å². The molecule has 2 aromatic rings. The Bertz CT molecular complexity index is 572. The van der Waals surface area contributed by atoms with Crippen LogP contribution in [-0.4, -0.2) is 7.11 Å². The Balaban J connectivity index is 2.15. The smallest absolute Gasteiger partial charge is 0.159 e. The average Bonchev–Trinajstić information content (AvgIpc) is 2.42. The maximum Gasteiger partial charge on any atom is 0.159 e. The molecule has 0 saturated carbocycles. The molecule has 0 fully saturated rings. The van der Waals surface area contributed by atoms with E-state index in [9.17, 15) is 8.78 Å². The molecule has 1 atom stereocenters. The van der Waals surface area contributed by atoms with Crippen LogP contribution in [0.2, 0.25) is 0 Å². The summed E-state index contributed by atoms with van der Waals surface area (Å²) in [4.78, 5) is 0. The summed E-state index contributed by atoms with van der Waals surface area (Å²) in [7, 11) is 1.59. The monoisotopic (exact) mass is 282 g/mol. The number of hydrogen-bond donors (Lipinski definition) is 0. The molecule has 0 spiro atoms. The van der Waals surface area contributed by atoms with E-state index in [1.165, 1.54) is 6.07 Å². The summed E-state index contributed by atoms with van der Waals surface area (Å²) >= 11 is 6.23. The highest BCUT2D eigenvalue weighted by atomic mass is 35.5. The Morgan fingerprint density at radius 1 is 1.11 bits per heavy atom. The van der Waals surface area contributed by atoms with Gasteiger partial charge in [-0.3, -0.25) is 0 Å². The van der Waals surface area contributed by atoms with Gasteiger partial charge in [0.1, 0.15) is 5.75 Å². The molecule has 0 saturated heterocycles. The van der Waals surface area contributed by atoms with E-state index in [2.05, 4.69) is 0 Å². The highest BCUT2D eigenvalue weighted by molar-refractivity contribution is 6.20. The van der Waals surface area contributed by atoms with E-state index in [4.69, 9.17) is 16.3 Å².